The summed E-state index contributed by atoms with van der Waals surface area (Å²) < 4.78 is 42.5. The van der Waals surface area contributed by atoms with Crippen LogP contribution in [-0.2, 0) is 4.79 Å². The van der Waals surface area contributed by atoms with Gasteiger partial charge in [-0.3, -0.25) is 4.79 Å². The molecule has 0 bridgehead atoms. The number of benzene rings is 1. The summed E-state index contributed by atoms with van der Waals surface area (Å²) in [7, 11) is 0. The highest BCUT2D eigenvalue weighted by Crippen LogP contribution is 2.37. The minimum atomic E-state index is -4.70. The molecule has 1 saturated carbocycles. The van der Waals surface area contributed by atoms with Gasteiger partial charge in [-0.2, -0.15) is 5.10 Å². The van der Waals surface area contributed by atoms with Gasteiger partial charge in [-0.25, -0.2) is 4.68 Å². The number of alkyl halides is 3. The van der Waals surface area contributed by atoms with E-state index in [1.54, 1.807) is 16.8 Å². The van der Waals surface area contributed by atoms with Crippen molar-refractivity contribution in [2.24, 2.45) is 11.8 Å². The lowest BCUT2D eigenvalue weighted by atomic mass is 9.81. The van der Waals surface area contributed by atoms with Gasteiger partial charge in [0, 0.05) is 37.7 Å². The number of hydrogen-bond donors (Lipinski definition) is 0. The Balaban J connectivity index is 1.51. The number of ether oxygens (including phenoxy) is 1. The molecule has 144 valence electrons. The van der Waals surface area contributed by atoms with Crippen molar-refractivity contribution in [1.29, 1.82) is 0 Å². The second kappa shape index (κ2) is 6.58. The molecule has 1 aliphatic heterocycles. The third-order valence-electron chi connectivity index (χ3n) is 5.37. The topological polar surface area (TPSA) is 47.4 Å². The Kier molecular flexibility index (Phi) is 4.36. The molecule has 0 spiro atoms. The van der Waals surface area contributed by atoms with Crippen LogP contribution in [0.4, 0.5) is 19.0 Å². The molecule has 4 rings (SSSR count). The van der Waals surface area contributed by atoms with E-state index < -0.39 is 6.36 Å². The molecule has 5 nitrogen and oxygen atoms in total. The molecule has 0 N–H and O–H groups in total. The Morgan fingerprint density at radius 2 is 1.85 bits per heavy atom. The maximum absolute atomic E-state index is 12.3. The lowest BCUT2D eigenvalue weighted by Gasteiger charge is -2.21. The van der Waals surface area contributed by atoms with E-state index >= 15 is 0 Å². The van der Waals surface area contributed by atoms with E-state index in [-0.39, 0.29) is 5.75 Å². The molecule has 8 heteroatoms. The predicted octanol–water partition coefficient (Wildman–Crippen LogP) is 3.88. The highest BCUT2D eigenvalue weighted by Gasteiger charge is 2.38. The molecule has 0 radical (unpaired) electrons. The summed E-state index contributed by atoms with van der Waals surface area (Å²) in [6.07, 6.45) is -2.43. The first kappa shape index (κ1) is 17.9. The van der Waals surface area contributed by atoms with E-state index in [4.69, 9.17) is 0 Å². The van der Waals surface area contributed by atoms with E-state index in [9.17, 15) is 18.0 Å². The highest BCUT2D eigenvalue weighted by molar-refractivity contribution is 5.79. The van der Waals surface area contributed by atoms with E-state index in [1.165, 1.54) is 12.1 Å². The molecule has 2 heterocycles. The zero-order valence-corrected chi connectivity index (χ0v) is 14.9. The van der Waals surface area contributed by atoms with Crippen LogP contribution in [0.15, 0.2) is 30.3 Å². The molecule has 1 aromatic heterocycles. The zero-order chi connectivity index (χ0) is 19.2. The Morgan fingerprint density at radius 1 is 1.15 bits per heavy atom. The fraction of sp³-hybridized carbons (Fsp3) is 0.474. The van der Waals surface area contributed by atoms with Gasteiger partial charge in [-0.15, -0.1) is 13.2 Å². The molecule has 2 aliphatic rings. The number of carbonyl (C=O) groups excluding carboxylic acids is 1. The summed E-state index contributed by atoms with van der Waals surface area (Å²) >= 11 is 0. The highest BCUT2D eigenvalue weighted by atomic mass is 19.4. The monoisotopic (exact) mass is 379 g/mol. The average Bonchev–Trinajstić information content (AvgIpc) is 3.17. The Labute approximate surface area is 154 Å². The number of hydrogen-bond acceptors (Lipinski definition) is 4. The van der Waals surface area contributed by atoms with Crippen LogP contribution in [0.25, 0.3) is 5.69 Å². The second-order valence-electron chi connectivity index (χ2n) is 7.30. The van der Waals surface area contributed by atoms with Gasteiger partial charge in [0.05, 0.1) is 5.69 Å². The van der Waals surface area contributed by atoms with E-state index in [1.807, 2.05) is 13.0 Å². The standard InChI is InChI=1S/C19H20F3N3O2/c1-12-8-18(24-10-13-2-5-16(26)9-14(13)11-24)23-25(12)15-3-6-17(7-4-15)27-19(20,21)22/h3-4,6-8,13-14H,2,5,9-11H2,1H3. The van der Waals surface area contributed by atoms with Crippen LogP contribution < -0.4 is 9.64 Å². The van der Waals surface area contributed by atoms with E-state index in [0.29, 0.717) is 36.1 Å². The summed E-state index contributed by atoms with van der Waals surface area (Å²) in [4.78, 5) is 13.9. The van der Waals surface area contributed by atoms with Crippen molar-refractivity contribution in [1.82, 2.24) is 9.78 Å². The largest absolute Gasteiger partial charge is 0.573 e. The Hall–Kier alpha value is -2.51. The Morgan fingerprint density at radius 3 is 2.56 bits per heavy atom. The second-order valence-corrected chi connectivity index (χ2v) is 7.30. The van der Waals surface area contributed by atoms with Crippen molar-refractivity contribution in [3.63, 3.8) is 0 Å². The molecule has 0 amide bonds. The molecule has 2 aromatic rings. The minimum absolute atomic E-state index is 0.260. The maximum atomic E-state index is 12.3. The first-order chi connectivity index (χ1) is 12.8. The lowest BCUT2D eigenvalue weighted by Crippen LogP contribution is -2.23. The van der Waals surface area contributed by atoms with E-state index in [0.717, 1.165) is 31.0 Å². The van der Waals surface area contributed by atoms with Crippen LogP contribution in [-0.4, -0.2) is 35.0 Å². The number of aromatic nitrogens is 2. The third kappa shape index (κ3) is 3.79. The first-order valence-corrected chi connectivity index (χ1v) is 8.98. The smallest absolute Gasteiger partial charge is 0.406 e. The van der Waals surface area contributed by atoms with Gasteiger partial charge < -0.3 is 9.64 Å². The minimum Gasteiger partial charge on any atom is -0.406 e. The molecule has 27 heavy (non-hydrogen) atoms. The zero-order valence-electron chi connectivity index (χ0n) is 14.9. The number of rotatable bonds is 3. The van der Waals surface area contributed by atoms with Crippen LogP contribution in [0.2, 0.25) is 0 Å². The summed E-state index contributed by atoms with van der Waals surface area (Å²) in [5.74, 6) is 1.86. The van der Waals surface area contributed by atoms with Crippen molar-refractivity contribution >= 4 is 11.6 Å². The van der Waals surface area contributed by atoms with Gasteiger partial charge in [-0.1, -0.05) is 0 Å². The van der Waals surface area contributed by atoms with E-state index in [2.05, 4.69) is 14.7 Å². The number of halogens is 3. The summed E-state index contributed by atoms with van der Waals surface area (Å²) in [6.45, 7) is 3.63. The fourth-order valence-corrected chi connectivity index (χ4v) is 4.09. The predicted molar refractivity (Wildman–Crippen MR) is 93.0 cm³/mol. The maximum Gasteiger partial charge on any atom is 0.573 e. The number of aryl methyl sites for hydroxylation is 1. The number of anilines is 1. The fourth-order valence-electron chi connectivity index (χ4n) is 4.09. The van der Waals surface area contributed by atoms with Crippen molar-refractivity contribution < 1.29 is 22.7 Å². The normalized spacial score (nSPS) is 22.8. The van der Waals surface area contributed by atoms with Crippen molar-refractivity contribution in [3.05, 3.63) is 36.0 Å². The number of fused-ring (bicyclic) bond motifs is 1. The quantitative estimate of drug-likeness (QED) is 0.812. The molecular weight excluding hydrogens is 359 g/mol. The molecule has 1 aliphatic carbocycles. The van der Waals surface area contributed by atoms with Gasteiger partial charge in [-0.05, 0) is 49.4 Å². The first-order valence-electron chi connectivity index (χ1n) is 8.98. The number of Topliss-reactive ketones (excluding diaryl/α,β-unsaturated/α-hetero) is 1. The number of nitrogens with zero attached hydrogens (tertiary/aromatic N) is 3. The SMILES string of the molecule is Cc1cc(N2CC3CCC(=O)CC3C2)nn1-c1ccc(OC(F)(F)F)cc1. The van der Waals surface area contributed by atoms with Crippen LogP contribution in [0.3, 0.4) is 0 Å². The molecule has 1 saturated heterocycles. The summed E-state index contributed by atoms with van der Waals surface area (Å²) in [6, 6.07) is 7.62. The average molecular weight is 379 g/mol. The van der Waals surface area contributed by atoms with Gasteiger partial charge >= 0.3 is 6.36 Å². The number of ketones is 1. The van der Waals surface area contributed by atoms with Crippen molar-refractivity contribution in [2.75, 3.05) is 18.0 Å². The van der Waals surface area contributed by atoms with Crippen molar-refractivity contribution in [2.45, 2.75) is 32.5 Å². The third-order valence-corrected chi connectivity index (χ3v) is 5.37. The molecule has 2 atom stereocenters. The van der Waals surface area contributed by atoms with Crippen LogP contribution in [0.1, 0.15) is 25.0 Å². The van der Waals surface area contributed by atoms with Gasteiger partial charge in [0.25, 0.3) is 0 Å². The molecule has 2 fully saturated rings. The van der Waals surface area contributed by atoms with Gasteiger partial charge in [0.2, 0.25) is 0 Å². The summed E-state index contributed by atoms with van der Waals surface area (Å²) in [5.41, 5.74) is 1.56. The van der Waals surface area contributed by atoms with Crippen LogP contribution >= 0.6 is 0 Å². The van der Waals surface area contributed by atoms with Crippen molar-refractivity contribution in [3.8, 4) is 11.4 Å². The van der Waals surface area contributed by atoms with Crippen LogP contribution in [0, 0.1) is 18.8 Å². The molecular formula is C19H20F3N3O2. The summed E-state index contributed by atoms with van der Waals surface area (Å²) in [5, 5.41) is 4.64. The Bertz CT molecular complexity index is 845. The molecule has 1 aromatic carbocycles. The number of carbonyl (C=O) groups is 1. The van der Waals surface area contributed by atoms with Crippen LogP contribution in [0.5, 0.6) is 5.75 Å². The van der Waals surface area contributed by atoms with Gasteiger partial charge in [0.15, 0.2) is 5.82 Å². The molecule has 2 unspecified atom stereocenters. The van der Waals surface area contributed by atoms with Gasteiger partial charge in [0.1, 0.15) is 11.5 Å². The lowest BCUT2D eigenvalue weighted by molar-refractivity contribution is -0.274.